The van der Waals surface area contributed by atoms with E-state index in [9.17, 15) is 10.1 Å². The van der Waals surface area contributed by atoms with E-state index in [4.69, 9.17) is 10.5 Å². The van der Waals surface area contributed by atoms with E-state index in [0.29, 0.717) is 11.3 Å². The minimum absolute atomic E-state index is 0.0104. The molecule has 0 aliphatic heterocycles. The van der Waals surface area contributed by atoms with Gasteiger partial charge in [-0.3, -0.25) is 10.1 Å². The van der Waals surface area contributed by atoms with Crippen LogP contribution >= 0.6 is 0 Å². The molecule has 0 bridgehead atoms. The zero-order chi connectivity index (χ0) is 14.7. The maximum atomic E-state index is 11.1. The predicted molar refractivity (Wildman–Crippen MR) is 77.0 cm³/mol. The van der Waals surface area contributed by atoms with Crippen molar-refractivity contribution >= 4 is 5.69 Å². The molecule has 5 nitrogen and oxygen atoms in total. The van der Waals surface area contributed by atoms with E-state index in [1.54, 1.807) is 37.3 Å². The van der Waals surface area contributed by atoms with Gasteiger partial charge in [-0.2, -0.15) is 0 Å². The van der Waals surface area contributed by atoms with E-state index in [2.05, 4.69) is 0 Å². The minimum atomic E-state index is -0.430. The second kappa shape index (κ2) is 5.71. The summed E-state index contributed by atoms with van der Waals surface area (Å²) in [6.45, 7) is 3.57. The van der Waals surface area contributed by atoms with Gasteiger partial charge in [-0.15, -0.1) is 0 Å². The Hall–Kier alpha value is -2.40. The molecule has 104 valence electrons. The number of nitro benzene ring substituents is 1. The van der Waals surface area contributed by atoms with Crippen molar-refractivity contribution in [3.8, 4) is 11.5 Å². The second-order valence-corrected chi connectivity index (χ2v) is 4.64. The highest BCUT2D eigenvalue weighted by Gasteiger charge is 2.18. The molecular weight excluding hydrogens is 256 g/mol. The van der Waals surface area contributed by atoms with Crippen LogP contribution in [-0.4, -0.2) is 4.92 Å². The molecule has 0 radical (unpaired) electrons. The van der Waals surface area contributed by atoms with Gasteiger partial charge in [0.1, 0.15) is 5.75 Å². The first-order chi connectivity index (χ1) is 9.49. The van der Waals surface area contributed by atoms with Crippen molar-refractivity contribution in [3.63, 3.8) is 0 Å². The fourth-order valence-corrected chi connectivity index (χ4v) is 1.91. The summed E-state index contributed by atoms with van der Waals surface area (Å²) in [6, 6.07) is 12.2. The van der Waals surface area contributed by atoms with E-state index >= 15 is 0 Å². The Bertz CT molecular complexity index is 622. The Morgan fingerprint density at radius 1 is 1.20 bits per heavy atom. The van der Waals surface area contributed by atoms with Crippen molar-refractivity contribution in [1.29, 1.82) is 0 Å². The lowest BCUT2D eigenvalue weighted by Gasteiger charge is -2.09. The highest BCUT2D eigenvalue weighted by atomic mass is 16.6. The van der Waals surface area contributed by atoms with Gasteiger partial charge in [0.05, 0.1) is 4.92 Å². The molecule has 0 unspecified atom stereocenters. The van der Waals surface area contributed by atoms with Gasteiger partial charge >= 0.3 is 5.69 Å². The quantitative estimate of drug-likeness (QED) is 0.679. The number of para-hydroxylation sites is 1. The van der Waals surface area contributed by atoms with E-state index < -0.39 is 4.92 Å². The number of nitrogens with zero attached hydrogens (tertiary/aromatic N) is 1. The Labute approximate surface area is 117 Å². The normalized spacial score (nSPS) is 11.9. The lowest BCUT2D eigenvalue weighted by Crippen LogP contribution is -2.04. The van der Waals surface area contributed by atoms with Crippen molar-refractivity contribution in [2.24, 2.45) is 5.73 Å². The van der Waals surface area contributed by atoms with Crippen LogP contribution in [0, 0.1) is 17.0 Å². The van der Waals surface area contributed by atoms with Gasteiger partial charge in [-0.1, -0.05) is 24.3 Å². The number of hydrogen-bond acceptors (Lipinski definition) is 4. The lowest BCUT2D eigenvalue weighted by molar-refractivity contribution is -0.386. The van der Waals surface area contributed by atoms with Crippen LogP contribution in [-0.2, 0) is 0 Å². The SMILES string of the molecule is Cc1cccc(Oc2ccc([C@@H](C)N)cc2)c1[N+](=O)[O-]. The number of rotatable bonds is 4. The van der Waals surface area contributed by atoms with Gasteiger partial charge in [0.2, 0.25) is 5.75 Å². The van der Waals surface area contributed by atoms with E-state index in [-0.39, 0.29) is 17.5 Å². The molecule has 0 heterocycles. The van der Waals surface area contributed by atoms with Gasteiger partial charge in [0, 0.05) is 11.6 Å². The average Bonchev–Trinajstić information content (AvgIpc) is 2.39. The summed E-state index contributed by atoms with van der Waals surface area (Å²) in [5.74, 6) is 0.784. The molecule has 0 saturated heterocycles. The molecule has 2 N–H and O–H groups in total. The standard InChI is InChI=1S/C15H16N2O3/c1-10-4-3-5-14(15(10)17(18)19)20-13-8-6-12(7-9-13)11(2)16/h3-9,11H,16H2,1-2H3/t11-/m1/s1. The van der Waals surface area contributed by atoms with E-state index in [0.717, 1.165) is 5.56 Å². The molecule has 0 aromatic heterocycles. The molecule has 0 fully saturated rings. The maximum Gasteiger partial charge on any atom is 0.314 e. The largest absolute Gasteiger partial charge is 0.450 e. The Morgan fingerprint density at radius 2 is 1.85 bits per heavy atom. The van der Waals surface area contributed by atoms with Crippen molar-refractivity contribution in [2.45, 2.75) is 19.9 Å². The second-order valence-electron chi connectivity index (χ2n) is 4.64. The number of nitro groups is 1. The van der Waals surface area contributed by atoms with Crippen LogP contribution in [0.1, 0.15) is 24.1 Å². The van der Waals surface area contributed by atoms with Gasteiger partial charge in [0.25, 0.3) is 0 Å². The number of hydrogen-bond donors (Lipinski definition) is 1. The zero-order valence-electron chi connectivity index (χ0n) is 11.4. The molecule has 5 heteroatoms. The van der Waals surface area contributed by atoms with Gasteiger partial charge in [-0.25, -0.2) is 0 Å². The predicted octanol–water partition coefficient (Wildman–Crippen LogP) is 3.72. The third-order valence-electron chi connectivity index (χ3n) is 3.02. The summed E-state index contributed by atoms with van der Waals surface area (Å²) in [4.78, 5) is 10.7. The minimum Gasteiger partial charge on any atom is -0.450 e. The number of ether oxygens (including phenoxy) is 1. The summed E-state index contributed by atoms with van der Waals surface area (Å²) in [6.07, 6.45) is 0. The number of benzene rings is 2. The van der Waals surface area contributed by atoms with Crippen LogP contribution in [0.25, 0.3) is 0 Å². The highest BCUT2D eigenvalue weighted by Crippen LogP contribution is 2.34. The van der Waals surface area contributed by atoms with Crippen LogP contribution in [0.5, 0.6) is 11.5 Å². The molecule has 20 heavy (non-hydrogen) atoms. The lowest BCUT2D eigenvalue weighted by atomic mass is 10.1. The van der Waals surface area contributed by atoms with Crippen LogP contribution in [0.2, 0.25) is 0 Å². The van der Waals surface area contributed by atoms with Crippen molar-refractivity contribution in [2.75, 3.05) is 0 Å². The molecule has 2 rings (SSSR count). The number of nitrogens with two attached hydrogens (primary N) is 1. The molecule has 1 atom stereocenters. The van der Waals surface area contributed by atoms with Crippen molar-refractivity contribution < 1.29 is 9.66 Å². The summed E-state index contributed by atoms with van der Waals surface area (Å²) < 4.78 is 5.60. The Morgan fingerprint density at radius 3 is 2.40 bits per heavy atom. The van der Waals surface area contributed by atoms with Crippen LogP contribution < -0.4 is 10.5 Å². The van der Waals surface area contributed by atoms with Crippen molar-refractivity contribution in [3.05, 3.63) is 63.7 Å². The highest BCUT2D eigenvalue weighted by molar-refractivity contribution is 5.53. The summed E-state index contributed by atoms with van der Waals surface area (Å²) in [7, 11) is 0. The summed E-state index contributed by atoms with van der Waals surface area (Å²) in [5, 5.41) is 11.1. The topological polar surface area (TPSA) is 78.4 Å². The molecule has 2 aromatic rings. The van der Waals surface area contributed by atoms with Gasteiger partial charge in [0.15, 0.2) is 0 Å². The monoisotopic (exact) mass is 272 g/mol. The summed E-state index contributed by atoms with van der Waals surface area (Å²) >= 11 is 0. The first-order valence-corrected chi connectivity index (χ1v) is 6.26. The van der Waals surface area contributed by atoms with Crippen LogP contribution in [0.4, 0.5) is 5.69 Å². The van der Waals surface area contributed by atoms with Gasteiger partial charge in [-0.05, 0) is 37.6 Å². The van der Waals surface area contributed by atoms with Crippen molar-refractivity contribution in [1.82, 2.24) is 0 Å². The molecule has 0 aliphatic rings. The van der Waals surface area contributed by atoms with Crippen LogP contribution in [0.3, 0.4) is 0 Å². The van der Waals surface area contributed by atoms with E-state index in [1.165, 1.54) is 0 Å². The van der Waals surface area contributed by atoms with Gasteiger partial charge < -0.3 is 10.5 Å². The molecular formula is C15H16N2O3. The van der Waals surface area contributed by atoms with E-state index in [1.807, 2.05) is 19.1 Å². The smallest absolute Gasteiger partial charge is 0.314 e. The molecule has 0 amide bonds. The average molecular weight is 272 g/mol. The first kappa shape index (κ1) is 14.0. The summed E-state index contributed by atoms with van der Waals surface area (Å²) in [5.41, 5.74) is 7.31. The molecule has 0 aliphatic carbocycles. The zero-order valence-corrected chi connectivity index (χ0v) is 11.4. The Balaban J connectivity index is 2.30. The molecule has 0 spiro atoms. The molecule has 2 aromatic carbocycles. The maximum absolute atomic E-state index is 11.1. The third-order valence-corrected chi connectivity index (χ3v) is 3.02. The van der Waals surface area contributed by atoms with Crippen LogP contribution in [0.15, 0.2) is 42.5 Å². The first-order valence-electron chi connectivity index (χ1n) is 6.26. The Kier molecular flexibility index (Phi) is 4.00. The number of aryl methyl sites for hydroxylation is 1. The third kappa shape index (κ3) is 2.95. The molecule has 0 saturated carbocycles. The fraction of sp³-hybridized carbons (Fsp3) is 0.200. The fourth-order valence-electron chi connectivity index (χ4n) is 1.91.